The van der Waals surface area contributed by atoms with Gasteiger partial charge in [-0.05, 0) is 51.7 Å². The fraction of sp³-hybridized carbons (Fsp3) is 0.600. The Labute approximate surface area is 160 Å². The van der Waals surface area contributed by atoms with E-state index in [9.17, 15) is 14.7 Å². The van der Waals surface area contributed by atoms with Crippen LogP contribution in [0.15, 0.2) is 18.2 Å². The number of ether oxygens (including phenoxy) is 2. The second-order valence-corrected chi connectivity index (χ2v) is 8.00. The number of hydrogen-bond donors (Lipinski definition) is 1. The van der Waals surface area contributed by atoms with E-state index in [1.54, 1.807) is 29.0 Å². The van der Waals surface area contributed by atoms with Gasteiger partial charge in [-0.2, -0.15) is 0 Å². The number of likely N-dealkylation sites (tertiary alicyclic amines) is 1. The number of phenolic OH excluding ortho intramolecular Hbond substituents is 1. The van der Waals surface area contributed by atoms with Crippen molar-refractivity contribution in [2.45, 2.75) is 39.2 Å². The first-order valence-electron chi connectivity index (χ1n) is 9.21. The molecule has 0 radical (unpaired) electrons. The van der Waals surface area contributed by atoms with E-state index in [0.717, 1.165) is 12.8 Å². The van der Waals surface area contributed by atoms with E-state index in [1.807, 2.05) is 20.8 Å². The average Bonchev–Trinajstić information content (AvgIpc) is 2.59. The SMILES string of the molecule is COc1ccc(C(=O)N2CCC[C@@H](CN(C)C(=O)OC(C)(C)C)C2)c(O)c1. The van der Waals surface area contributed by atoms with E-state index < -0.39 is 5.60 Å². The van der Waals surface area contributed by atoms with Crippen LogP contribution in [0.1, 0.15) is 44.0 Å². The zero-order valence-corrected chi connectivity index (χ0v) is 16.8. The molecule has 27 heavy (non-hydrogen) atoms. The van der Waals surface area contributed by atoms with Crippen molar-refractivity contribution in [3.05, 3.63) is 23.8 Å². The van der Waals surface area contributed by atoms with Crippen molar-refractivity contribution >= 4 is 12.0 Å². The Balaban J connectivity index is 1.99. The smallest absolute Gasteiger partial charge is 0.410 e. The summed E-state index contributed by atoms with van der Waals surface area (Å²) in [6.45, 7) is 7.20. The van der Waals surface area contributed by atoms with Gasteiger partial charge in [0.15, 0.2) is 0 Å². The highest BCUT2D eigenvalue weighted by molar-refractivity contribution is 5.97. The van der Waals surface area contributed by atoms with Gasteiger partial charge in [-0.25, -0.2) is 4.79 Å². The number of benzene rings is 1. The molecule has 150 valence electrons. The van der Waals surface area contributed by atoms with Gasteiger partial charge in [-0.3, -0.25) is 4.79 Å². The molecule has 0 aromatic heterocycles. The quantitative estimate of drug-likeness (QED) is 0.871. The predicted octanol–water partition coefficient (Wildman–Crippen LogP) is 3.12. The third-order valence-corrected chi connectivity index (χ3v) is 4.48. The van der Waals surface area contributed by atoms with Gasteiger partial charge in [0.1, 0.15) is 17.1 Å². The van der Waals surface area contributed by atoms with Gasteiger partial charge in [-0.1, -0.05) is 0 Å². The number of aromatic hydroxyl groups is 1. The van der Waals surface area contributed by atoms with E-state index in [0.29, 0.717) is 25.4 Å². The minimum absolute atomic E-state index is 0.0904. The van der Waals surface area contributed by atoms with Crippen LogP contribution < -0.4 is 4.74 Å². The molecular weight excluding hydrogens is 348 g/mol. The van der Waals surface area contributed by atoms with Gasteiger partial charge < -0.3 is 24.4 Å². The maximum atomic E-state index is 12.8. The molecule has 1 aromatic rings. The van der Waals surface area contributed by atoms with Gasteiger partial charge >= 0.3 is 6.09 Å². The lowest BCUT2D eigenvalue weighted by Crippen LogP contribution is -2.45. The monoisotopic (exact) mass is 378 g/mol. The molecule has 7 nitrogen and oxygen atoms in total. The highest BCUT2D eigenvalue weighted by atomic mass is 16.6. The fourth-order valence-corrected chi connectivity index (χ4v) is 3.19. The Morgan fingerprint density at radius 1 is 1.33 bits per heavy atom. The van der Waals surface area contributed by atoms with Crippen molar-refractivity contribution in [2.24, 2.45) is 5.92 Å². The second kappa shape index (κ2) is 8.50. The number of piperidine rings is 1. The zero-order chi connectivity index (χ0) is 20.2. The summed E-state index contributed by atoms with van der Waals surface area (Å²) in [5.41, 5.74) is -0.275. The van der Waals surface area contributed by atoms with Crippen molar-refractivity contribution in [3.63, 3.8) is 0 Å². The summed E-state index contributed by atoms with van der Waals surface area (Å²) in [6.07, 6.45) is 1.43. The minimum Gasteiger partial charge on any atom is -0.507 e. The molecule has 1 aliphatic rings. The summed E-state index contributed by atoms with van der Waals surface area (Å²) in [5, 5.41) is 10.1. The third kappa shape index (κ3) is 5.77. The van der Waals surface area contributed by atoms with Crippen LogP contribution in [-0.2, 0) is 4.74 Å². The van der Waals surface area contributed by atoms with Crippen LogP contribution in [0.2, 0.25) is 0 Å². The molecule has 0 spiro atoms. The van der Waals surface area contributed by atoms with Crippen molar-refractivity contribution < 1.29 is 24.2 Å². The van der Waals surface area contributed by atoms with Crippen LogP contribution in [0.4, 0.5) is 4.79 Å². The number of carbonyl (C=O) groups excluding carboxylic acids is 2. The Morgan fingerprint density at radius 2 is 2.04 bits per heavy atom. The number of nitrogens with zero attached hydrogens (tertiary/aromatic N) is 2. The van der Waals surface area contributed by atoms with E-state index in [4.69, 9.17) is 9.47 Å². The normalized spacial score (nSPS) is 17.4. The summed E-state index contributed by atoms with van der Waals surface area (Å²) in [5.74, 6) is 0.368. The summed E-state index contributed by atoms with van der Waals surface area (Å²) >= 11 is 0. The molecule has 1 fully saturated rings. The first-order chi connectivity index (χ1) is 12.6. The lowest BCUT2D eigenvalue weighted by atomic mass is 9.96. The van der Waals surface area contributed by atoms with Crippen molar-refractivity contribution in [1.82, 2.24) is 9.80 Å². The highest BCUT2D eigenvalue weighted by Gasteiger charge is 2.28. The van der Waals surface area contributed by atoms with Crippen LogP contribution in [0.25, 0.3) is 0 Å². The van der Waals surface area contributed by atoms with Crippen LogP contribution in [0.3, 0.4) is 0 Å². The average molecular weight is 378 g/mol. The fourth-order valence-electron chi connectivity index (χ4n) is 3.19. The molecule has 7 heteroatoms. The topological polar surface area (TPSA) is 79.3 Å². The second-order valence-electron chi connectivity index (χ2n) is 8.00. The van der Waals surface area contributed by atoms with Gasteiger partial charge in [0.25, 0.3) is 5.91 Å². The molecule has 2 rings (SSSR count). The Hall–Kier alpha value is -2.44. The molecule has 0 aliphatic carbocycles. The number of rotatable bonds is 4. The molecule has 0 unspecified atom stereocenters. The molecular formula is C20H30N2O5. The van der Waals surface area contributed by atoms with Crippen molar-refractivity contribution in [2.75, 3.05) is 33.8 Å². The van der Waals surface area contributed by atoms with Gasteiger partial charge in [0.2, 0.25) is 0 Å². The van der Waals surface area contributed by atoms with E-state index in [-0.39, 0.29) is 29.2 Å². The molecule has 1 aliphatic heterocycles. The van der Waals surface area contributed by atoms with Gasteiger partial charge in [0, 0.05) is 32.7 Å². The Bertz CT molecular complexity index is 683. The number of methoxy groups -OCH3 is 1. The van der Waals surface area contributed by atoms with Crippen LogP contribution in [0.5, 0.6) is 11.5 Å². The molecule has 1 N–H and O–H groups in total. The standard InChI is InChI=1S/C20H30N2O5/c1-20(2,3)27-19(25)21(4)12-14-7-6-10-22(13-14)18(24)16-9-8-15(26-5)11-17(16)23/h8-9,11,14,23H,6-7,10,12-13H2,1-5H3/t14-/m0/s1. The van der Waals surface area contributed by atoms with E-state index >= 15 is 0 Å². The van der Waals surface area contributed by atoms with E-state index in [2.05, 4.69) is 0 Å². The van der Waals surface area contributed by atoms with Crippen molar-refractivity contribution in [3.8, 4) is 11.5 Å². The first kappa shape index (κ1) is 20.9. The lowest BCUT2D eigenvalue weighted by molar-refractivity contribution is 0.0244. The maximum absolute atomic E-state index is 12.8. The molecule has 0 bridgehead atoms. The highest BCUT2D eigenvalue weighted by Crippen LogP contribution is 2.27. The Morgan fingerprint density at radius 3 is 2.63 bits per heavy atom. The molecule has 1 saturated heterocycles. The predicted molar refractivity (Wildman–Crippen MR) is 102 cm³/mol. The first-order valence-corrected chi connectivity index (χ1v) is 9.21. The molecule has 2 amide bonds. The number of hydrogen-bond acceptors (Lipinski definition) is 5. The Kier molecular flexibility index (Phi) is 6.57. The summed E-state index contributed by atoms with van der Waals surface area (Å²) in [7, 11) is 3.22. The molecule has 1 atom stereocenters. The number of carbonyl (C=O) groups is 2. The van der Waals surface area contributed by atoms with Gasteiger partial charge in [-0.15, -0.1) is 0 Å². The van der Waals surface area contributed by atoms with Gasteiger partial charge in [0.05, 0.1) is 12.7 Å². The maximum Gasteiger partial charge on any atom is 0.410 e. The zero-order valence-electron chi connectivity index (χ0n) is 16.8. The van der Waals surface area contributed by atoms with Crippen LogP contribution >= 0.6 is 0 Å². The molecule has 1 heterocycles. The van der Waals surface area contributed by atoms with Crippen LogP contribution in [-0.4, -0.2) is 66.3 Å². The number of phenols is 1. The lowest BCUT2D eigenvalue weighted by Gasteiger charge is -2.35. The summed E-state index contributed by atoms with van der Waals surface area (Å²) in [6, 6.07) is 4.67. The van der Waals surface area contributed by atoms with Crippen molar-refractivity contribution in [1.29, 1.82) is 0 Å². The minimum atomic E-state index is -0.536. The summed E-state index contributed by atoms with van der Waals surface area (Å²) in [4.78, 5) is 28.2. The summed E-state index contributed by atoms with van der Waals surface area (Å²) < 4.78 is 10.4. The number of amides is 2. The molecule has 1 aromatic carbocycles. The van der Waals surface area contributed by atoms with E-state index in [1.165, 1.54) is 13.2 Å². The van der Waals surface area contributed by atoms with Crippen LogP contribution in [0, 0.1) is 5.92 Å². The molecule has 0 saturated carbocycles. The largest absolute Gasteiger partial charge is 0.507 e. The third-order valence-electron chi connectivity index (χ3n) is 4.48.